The maximum atomic E-state index is 10.3. The van der Waals surface area contributed by atoms with Crippen LogP contribution in [0.4, 0.5) is 0 Å². The van der Waals surface area contributed by atoms with Crippen LogP contribution in [0.3, 0.4) is 0 Å². The van der Waals surface area contributed by atoms with Crippen LogP contribution in [0.1, 0.15) is 35.2 Å². The average Bonchev–Trinajstić information content (AvgIpc) is 3.11. The summed E-state index contributed by atoms with van der Waals surface area (Å²) < 4.78 is 5.75. The first-order chi connectivity index (χ1) is 9.20. The third-order valence-electron chi connectivity index (χ3n) is 3.14. The van der Waals surface area contributed by atoms with Gasteiger partial charge in [0.15, 0.2) is 0 Å². The molecule has 1 aliphatic carbocycles. The molecule has 3 nitrogen and oxygen atoms in total. The number of aromatic nitrogens is 1. The lowest BCUT2D eigenvalue weighted by Crippen LogP contribution is -2.03. The lowest BCUT2D eigenvalue weighted by atomic mass is 10.1. The van der Waals surface area contributed by atoms with Gasteiger partial charge in [-0.05, 0) is 37.5 Å². The van der Waals surface area contributed by atoms with Gasteiger partial charge in [-0.25, -0.2) is 4.98 Å². The summed E-state index contributed by atoms with van der Waals surface area (Å²) in [6.45, 7) is 1.98. The molecule has 100 valence electrons. The van der Waals surface area contributed by atoms with Gasteiger partial charge in [0.2, 0.25) is 0 Å². The van der Waals surface area contributed by atoms with Crippen molar-refractivity contribution in [1.29, 1.82) is 0 Å². The largest absolute Gasteiger partial charge is 0.490 e. The predicted octanol–water partition coefficient (Wildman–Crippen LogP) is 3.27. The van der Waals surface area contributed by atoms with E-state index in [2.05, 4.69) is 4.98 Å². The van der Waals surface area contributed by atoms with Crippen molar-refractivity contribution in [1.82, 2.24) is 4.98 Å². The molecule has 1 fully saturated rings. The van der Waals surface area contributed by atoms with Crippen LogP contribution in [0, 0.1) is 6.92 Å². The smallest absolute Gasteiger partial charge is 0.120 e. The first-order valence-electron chi connectivity index (χ1n) is 6.56. The van der Waals surface area contributed by atoms with E-state index < -0.39 is 6.10 Å². The van der Waals surface area contributed by atoms with Gasteiger partial charge in [0.1, 0.15) is 5.75 Å². The number of benzene rings is 1. The summed E-state index contributed by atoms with van der Waals surface area (Å²) in [4.78, 5) is 4.38. The molecule has 0 amide bonds. The van der Waals surface area contributed by atoms with Crippen molar-refractivity contribution in [2.45, 2.75) is 38.4 Å². The Morgan fingerprint density at radius 1 is 1.47 bits per heavy atom. The molecule has 1 N–H and O–H groups in total. The molecule has 1 saturated carbocycles. The van der Waals surface area contributed by atoms with Gasteiger partial charge >= 0.3 is 0 Å². The van der Waals surface area contributed by atoms with Crippen LogP contribution in [0.5, 0.6) is 5.75 Å². The lowest BCUT2D eigenvalue weighted by molar-refractivity contribution is 0.176. The van der Waals surface area contributed by atoms with Gasteiger partial charge in [-0.3, -0.25) is 0 Å². The maximum absolute atomic E-state index is 10.3. The highest BCUT2D eigenvalue weighted by atomic mass is 32.1. The second kappa shape index (κ2) is 5.31. The van der Waals surface area contributed by atoms with E-state index in [-0.39, 0.29) is 0 Å². The minimum Gasteiger partial charge on any atom is -0.490 e. The molecular formula is C15H17NO2S. The Balaban J connectivity index is 1.69. The molecule has 2 aromatic rings. The van der Waals surface area contributed by atoms with Crippen LogP contribution >= 0.6 is 11.3 Å². The predicted molar refractivity (Wildman–Crippen MR) is 75.6 cm³/mol. The number of aliphatic hydroxyl groups excluding tert-OH is 1. The Bertz CT molecular complexity index is 563. The van der Waals surface area contributed by atoms with Crippen molar-refractivity contribution in [2.24, 2.45) is 0 Å². The number of aryl methyl sites for hydroxylation is 1. The molecule has 19 heavy (non-hydrogen) atoms. The highest BCUT2D eigenvalue weighted by Crippen LogP contribution is 2.29. The van der Waals surface area contributed by atoms with E-state index in [1.807, 2.05) is 36.6 Å². The molecular weight excluding hydrogens is 258 g/mol. The van der Waals surface area contributed by atoms with Crippen LogP contribution in [-0.4, -0.2) is 16.2 Å². The molecule has 0 spiro atoms. The Kier molecular flexibility index (Phi) is 3.53. The van der Waals surface area contributed by atoms with Gasteiger partial charge < -0.3 is 9.84 Å². The van der Waals surface area contributed by atoms with Gasteiger partial charge in [0.05, 0.1) is 22.9 Å². The number of nitrogens with zero attached hydrogens (tertiary/aromatic N) is 1. The van der Waals surface area contributed by atoms with E-state index in [0.29, 0.717) is 12.5 Å². The number of rotatable bonds is 5. The van der Waals surface area contributed by atoms with E-state index in [4.69, 9.17) is 4.74 Å². The molecule has 4 heteroatoms. The number of hydrogen-bond donors (Lipinski definition) is 1. The van der Waals surface area contributed by atoms with Crippen molar-refractivity contribution in [3.63, 3.8) is 0 Å². The minimum absolute atomic E-state index is 0.383. The average molecular weight is 275 g/mol. The van der Waals surface area contributed by atoms with Gasteiger partial charge in [0.25, 0.3) is 0 Å². The fourth-order valence-corrected chi connectivity index (χ4v) is 2.62. The molecule has 1 atom stereocenters. The van der Waals surface area contributed by atoms with E-state index in [0.717, 1.165) is 34.9 Å². The molecule has 0 saturated heterocycles. The molecule has 1 aromatic heterocycles. The number of ether oxygens (including phenoxy) is 1. The normalized spacial score (nSPS) is 16.3. The molecule has 0 aliphatic heterocycles. The molecule has 1 aliphatic rings. The van der Waals surface area contributed by atoms with E-state index >= 15 is 0 Å². The van der Waals surface area contributed by atoms with Crippen molar-refractivity contribution >= 4 is 11.3 Å². The van der Waals surface area contributed by atoms with Crippen LogP contribution in [-0.2, 0) is 6.42 Å². The molecule has 3 rings (SSSR count). The second-order valence-electron chi connectivity index (χ2n) is 4.97. The standard InChI is InChI=1S/C15H17NO2S/c1-10-16-12(9-19-10)8-15(17)11-3-2-4-14(7-11)18-13-5-6-13/h2-4,7,9,13,15,17H,5-6,8H2,1H3. The summed E-state index contributed by atoms with van der Waals surface area (Å²) in [7, 11) is 0. The van der Waals surface area contributed by atoms with Gasteiger partial charge in [-0.2, -0.15) is 0 Å². The Labute approximate surface area is 116 Å². The topological polar surface area (TPSA) is 42.4 Å². The fourth-order valence-electron chi connectivity index (χ4n) is 1.99. The van der Waals surface area contributed by atoms with Crippen molar-refractivity contribution < 1.29 is 9.84 Å². The summed E-state index contributed by atoms with van der Waals surface area (Å²) >= 11 is 1.61. The lowest BCUT2D eigenvalue weighted by Gasteiger charge is -2.11. The van der Waals surface area contributed by atoms with Crippen LogP contribution in [0.25, 0.3) is 0 Å². The van der Waals surface area contributed by atoms with Gasteiger partial charge in [-0.1, -0.05) is 12.1 Å². The third kappa shape index (κ3) is 3.33. The third-order valence-corrected chi connectivity index (χ3v) is 3.96. The zero-order valence-electron chi connectivity index (χ0n) is 10.9. The highest BCUT2D eigenvalue weighted by molar-refractivity contribution is 7.09. The molecule has 1 heterocycles. The zero-order valence-corrected chi connectivity index (χ0v) is 11.7. The van der Waals surface area contributed by atoms with Crippen molar-refractivity contribution in [3.8, 4) is 5.75 Å². The second-order valence-corrected chi connectivity index (χ2v) is 6.03. The summed E-state index contributed by atoms with van der Waals surface area (Å²) in [6, 6.07) is 7.75. The monoisotopic (exact) mass is 275 g/mol. The number of aliphatic hydroxyl groups is 1. The first kappa shape index (κ1) is 12.6. The van der Waals surface area contributed by atoms with Crippen molar-refractivity contribution in [2.75, 3.05) is 0 Å². The Morgan fingerprint density at radius 3 is 3.00 bits per heavy atom. The van der Waals surface area contributed by atoms with E-state index in [1.54, 1.807) is 11.3 Å². The first-order valence-corrected chi connectivity index (χ1v) is 7.44. The van der Waals surface area contributed by atoms with E-state index in [1.165, 1.54) is 0 Å². The molecule has 1 unspecified atom stereocenters. The summed E-state index contributed by atoms with van der Waals surface area (Å²) in [5.74, 6) is 0.855. The Hall–Kier alpha value is -1.39. The summed E-state index contributed by atoms with van der Waals surface area (Å²) in [5, 5.41) is 13.3. The molecule has 0 radical (unpaired) electrons. The van der Waals surface area contributed by atoms with Crippen LogP contribution in [0.15, 0.2) is 29.6 Å². The summed E-state index contributed by atoms with van der Waals surface area (Å²) in [6.07, 6.45) is 2.70. The SMILES string of the molecule is Cc1nc(CC(O)c2cccc(OC3CC3)c2)cs1. The van der Waals surface area contributed by atoms with Crippen LogP contribution < -0.4 is 4.74 Å². The number of thiazole rings is 1. The minimum atomic E-state index is -0.524. The summed E-state index contributed by atoms with van der Waals surface area (Å²) in [5.41, 5.74) is 1.84. The highest BCUT2D eigenvalue weighted by Gasteiger charge is 2.23. The van der Waals surface area contributed by atoms with E-state index in [9.17, 15) is 5.11 Å². The quantitative estimate of drug-likeness (QED) is 0.910. The van der Waals surface area contributed by atoms with Crippen LogP contribution in [0.2, 0.25) is 0 Å². The maximum Gasteiger partial charge on any atom is 0.120 e. The fraction of sp³-hybridized carbons (Fsp3) is 0.400. The Morgan fingerprint density at radius 2 is 2.32 bits per heavy atom. The molecule has 1 aromatic carbocycles. The van der Waals surface area contributed by atoms with Gasteiger partial charge in [-0.15, -0.1) is 11.3 Å². The van der Waals surface area contributed by atoms with Gasteiger partial charge in [0, 0.05) is 11.8 Å². The van der Waals surface area contributed by atoms with Crippen molar-refractivity contribution in [3.05, 3.63) is 45.9 Å². The molecule has 0 bridgehead atoms. The zero-order chi connectivity index (χ0) is 13.2. The number of hydrogen-bond acceptors (Lipinski definition) is 4.